The smallest absolute Gasteiger partial charge is 0.384 e. The molecule has 1 aromatic carbocycles. The van der Waals surface area contributed by atoms with E-state index in [1.165, 1.54) is 38.2 Å². The fourth-order valence-corrected chi connectivity index (χ4v) is 2.39. The number of rotatable bonds is 3. The third-order valence-corrected chi connectivity index (χ3v) is 3.43. The first kappa shape index (κ1) is 13.2. The van der Waals surface area contributed by atoms with E-state index in [4.69, 9.17) is 0 Å². The van der Waals surface area contributed by atoms with Crippen LogP contribution >= 0.6 is 0 Å². The normalized spacial score (nSPS) is 17.7. The fraction of sp³-hybridized carbons (Fsp3) is 0.571. The molecule has 0 heterocycles. The molecule has 1 nitrogen and oxygen atoms in total. The molecule has 1 fully saturated rings. The summed E-state index contributed by atoms with van der Waals surface area (Å²) in [6.45, 7) is 0.748. The van der Waals surface area contributed by atoms with Crippen LogP contribution < -0.4 is 5.32 Å². The van der Waals surface area contributed by atoms with Gasteiger partial charge in [-0.2, -0.15) is 13.2 Å². The molecule has 18 heavy (non-hydrogen) atoms. The minimum atomic E-state index is -4.28. The van der Waals surface area contributed by atoms with Crippen LogP contribution in [0.5, 0.6) is 0 Å². The lowest BCUT2D eigenvalue weighted by atomic mass is 9.89. The van der Waals surface area contributed by atoms with Gasteiger partial charge in [0.15, 0.2) is 0 Å². The highest BCUT2D eigenvalue weighted by molar-refractivity contribution is 5.45. The lowest BCUT2D eigenvalue weighted by Crippen LogP contribution is -2.17. The first-order valence-electron chi connectivity index (χ1n) is 6.38. The van der Waals surface area contributed by atoms with Crippen molar-refractivity contribution >= 4 is 5.69 Å². The Morgan fingerprint density at radius 1 is 1.22 bits per heavy atom. The van der Waals surface area contributed by atoms with E-state index in [0.29, 0.717) is 11.6 Å². The molecule has 0 bridgehead atoms. The van der Waals surface area contributed by atoms with Crippen LogP contribution in [0.2, 0.25) is 0 Å². The number of halogens is 3. The molecule has 0 unspecified atom stereocenters. The van der Waals surface area contributed by atoms with Crippen LogP contribution in [0.1, 0.15) is 37.7 Å². The van der Waals surface area contributed by atoms with Gasteiger partial charge in [0.2, 0.25) is 0 Å². The van der Waals surface area contributed by atoms with Crippen LogP contribution in [0.15, 0.2) is 18.2 Å². The molecule has 0 aromatic heterocycles. The van der Waals surface area contributed by atoms with Crippen molar-refractivity contribution in [1.82, 2.24) is 0 Å². The highest BCUT2D eigenvalue weighted by Gasteiger charge is 2.30. The van der Waals surface area contributed by atoms with Crippen molar-refractivity contribution in [3.8, 4) is 0 Å². The van der Waals surface area contributed by atoms with Crippen LogP contribution in [-0.2, 0) is 6.18 Å². The third kappa shape index (κ3) is 3.65. The average molecular weight is 256 g/mol. The van der Waals surface area contributed by atoms with E-state index in [2.05, 4.69) is 11.4 Å². The highest BCUT2D eigenvalue weighted by Crippen LogP contribution is 2.31. The quantitative estimate of drug-likeness (QED) is 0.839. The maximum absolute atomic E-state index is 12.5. The molecular weight excluding hydrogens is 239 g/mol. The number of nitrogens with one attached hydrogen (secondary N) is 1. The largest absolute Gasteiger partial charge is 0.416 e. The van der Waals surface area contributed by atoms with Crippen molar-refractivity contribution in [3.63, 3.8) is 0 Å². The average Bonchev–Trinajstić information content (AvgIpc) is 2.37. The molecule has 0 spiro atoms. The lowest BCUT2D eigenvalue weighted by Gasteiger charge is -2.22. The Kier molecular flexibility index (Phi) is 4.15. The van der Waals surface area contributed by atoms with Gasteiger partial charge in [-0.05, 0) is 30.9 Å². The second-order valence-electron chi connectivity index (χ2n) is 4.87. The Morgan fingerprint density at radius 2 is 1.94 bits per heavy atom. The van der Waals surface area contributed by atoms with Crippen molar-refractivity contribution in [2.45, 2.75) is 38.3 Å². The predicted molar refractivity (Wildman–Crippen MR) is 65.3 cm³/mol. The van der Waals surface area contributed by atoms with Crippen LogP contribution in [0.4, 0.5) is 18.9 Å². The van der Waals surface area contributed by atoms with Crippen molar-refractivity contribution in [2.24, 2.45) is 5.92 Å². The molecule has 0 amide bonds. The molecule has 1 aliphatic carbocycles. The van der Waals surface area contributed by atoms with Crippen LogP contribution in [0, 0.1) is 12.0 Å². The molecule has 0 atom stereocenters. The van der Waals surface area contributed by atoms with Gasteiger partial charge in [0, 0.05) is 18.3 Å². The monoisotopic (exact) mass is 256 g/mol. The summed E-state index contributed by atoms with van der Waals surface area (Å²) in [5.41, 5.74) is -0.178. The summed E-state index contributed by atoms with van der Waals surface area (Å²) in [6.07, 6.45) is 1.82. The second kappa shape index (κ2) is 5.63. The molecule has 1 aromatic rings. The predicted octanol–water partition coefficient (Wildman–Crippen LogP) is 4.50. The number of anilines is 1. The summed E-state index contributed by atoms with van der Waals surface area (Å²) in [4.78, 5) is 0. The van der Waals surface area contributed by atoms with Gasteiger partial charge in [0.25, 0.3) is 0 Å². The van der Waals surface area contributed by atoms with Crippen molar-refractivity contribution in [1.29, 1.82) is 0 Å². The van der Waals surface area contributed by atoms with Gasteiger partial charge in [-0.25, -0.2) is 0 Å². The van der Waals surface area contributed by atoms with Gasteiger partial charge < -0.3 is 5.32 Å². The summed E-state index contributed by atoms with van der Waals surface area (Å²) in [6, 6.07) is 6.31. The number of hydrogen-bond donors (Lipinski definition) is 1. The summed E-state index contributed by atoms with van der Waals surface area (Å²) in [5.74, 6) is 0.585. The van der Waals surface area contributed by atoms with E-state index in [1.54, 1.807) is 0 Å². The topological polar surface area (TPSA) is 12.0 Å². The van der Waals surface area contributed by atoms with Gasteiger partial charge in [-0.3, -0.25) is 0 Å². The van der Waals surface area contributed by atoms with Crippen LogP contribution in [-0.4, -0.2) is 6.54 Å². The Labute approximate surface area is 105 Å². The maximum Gasteiger partial charge on any atom is 0.416 e. The van der Waals surface area contributed by atoms with E-state index in [-0.39, 0.29) is 0 Å². The molecule has 1 aliphatic rings. The van der Waals surface area contributed by atoms with E-state index < -0.39 is 11.7 Å². The highest BCUT2D eigenvalue weighted by atomic mass is 19.4. The van der Waals surface area contributed by atoms with Crippen molar-refractivity contribution in [3.05, 3.63) is 29.8 Å². The van der Waals surface area contributed by atoms with Gasteiger partial charge >= 0.3 is 6.18 Å². The number of alkyl halides is 3. The van der Waals surface area contributed by atoms with Gasteiger partial charge in [-0.1, -0.05) is 25.3 Å². The lowest BCUT2D eigenvalue weighted by molar-refractivity contribution is -0.137. The van der Waals surface area contributed by atoms with Crippen molar-refractivity contribution in [2.75, 3.05) is 11.9 Å². The molecule has 1 radical (unpaired) electrons. The van der Waals surface area contributed by atoms with E-state index >= 15 is 0 Å². The van der Waals surface area contributed by atoms with E-state index in [9.17, 15) is 13.2 Å². The second-order valence-corrected chi connectivity index (χ2v) is 4.87. The summed E-state index contributed by atoms with van der Waals surface area (Å²) < 4.78 is 37.6. The summed E-state index contributed by atoms with van der Waals surface area (Å²) in [7, 11) is 0. The molecular formula is C14H17F3N. The molecule has 0 saturated heterocycles. The minimum absolute atomic E-state index is 0.440. The zero-order valence-corrected chi connectivity index (χ0v) is 10.2. The SMILES string of the molecule is FC(F)(F)c1cc[c]c(NCC2CCCCC2)c1. The van der Waals surface area contributed by atoms with Crippen LogP contribution in [0.3, 0.4) is 0 Å². The minimum Gasteiger partial charge on any atom is -0.384 e. The summed E-state index contributed by atoms with van der Waals surface area (Å²) >= 11 is 0. The molecule has 4 heteroatoms. The van der Waals surface area contributed by atoms with Crippen LogP contribution in [0.25, 0.3) is 0 Å². The maximum atomic E-state index is 12.5. The first-order chi connectivity index (χ1) is 8.55. The Balaban J connectivity index is 1.92. The molecule has 0 aliphatic heterocycles. The third-order valence-electron chi connectivity index (χ3n) is 3.43. The number of hydrogen-bond acceptors (Lipinski definition) is 1. The number of benzene rings is 1. The Hall–Kier alpha value is -1.19. The van der Waals surface area contributed by atoms with Gasteiger partial charge in [0.05, 0.1) is 5.56 Å². The van der Waals surface area contributed by atoms with Crippen molar-refractivity contribution < 1.29 is 13.2 Å². The molecule has 2 rings (SSSR count). The molecule has 1 N–H and O–H groups in total. The van der Waals surface area contributed by atoms with E-state index in [0.717, 1.165) is 18.7 Å². The first-order valence-corrected chi connectivity index (χ1v) is 6.38. The van der Waals surface area contributed by atoms with Gasteiger partial charge in [-0.15, -0.1) is 0 Å². The van der Waals surface area contributed by atoms with Gasteiger partial charge in [0.1, 0.15) is 0 Å². The zero-order chi connectivity index (χ0) is 13.0. The Morgan fingerprint density at radius 3 is 2.61 bits per heavy atom. The fourth-order valence-electron chi connectivity index (χ4n) is 2.39. The Bertz CT molecular complexity index is 381. The molecule has 99 valence electrons. The standard InChI is InChI=1S/C14H17F3N/c15-14(16,17)12-7-4-8-13(9-12)18-10-11-5-2-1-3-6-11/h4,7,9,11,18H,1-3,5-6,10H2. The van der Waals surface area contributed by atoms with E-state index in [1.807, 2.05) is 0 Å². The molecule has 1 saturated carbocycles. The summed E-state index contributed by atoms with van der Waals surface area (Å²) in [5, 5.41) is 3.07. The zero-order valence-electron chi connectivity index (χ0n) is 10.2.